The molecule has 3 aromatic rings. The van der Waals surface area contributed by atoms with Gasteiger partial charge < -0.3 is 9.84 Å². The summed E-state index contributed by atoms with van der Waals surface area (Å²) in [6.07, 6.45) is -4.97. The zero-order chi connectivity index (χ0) is 26.7. The molecule has 5 nitrogen and oxygen atoms in total. The molecule has 1 aliphatic rings. The molecular formula is C26H24F5N3O2S. The molecule has 1 fully saturated rings. The van der Waals surface area contributed by atoms with E-state index in [4.69, 9.17) is 10.00 Å². The van der Waals surface area contributed by atoms with Crippen LogP contribution in [0.4, 0.5) is 22.0 Å². The van der Waals surface area contributed by atoms with Crippen LogP contribution in [0.15, 0.2) is 42.5 Å². The molecule has 11 heteroatoms. The average Bonchev–Trinajstić information content (AvgIpc) is 3.17. The molecular weight excluding hydrogens is 513 g/mol. The van der Waals surface area contributed by atoms with E-state index in [-0.39, 0.29) is 30.9 Å². The number of nitrogens with zero attached hydrogens (tertiary/aromatic N) is 3. The quantitative estimate of drug-likeness (QED) is 0.403. The predicted octanol–water partition coefficient (Wildman–Crippen LogP) is 5.80. The molecule has 196 valence electrons. The maximum atomic E-state index is 14.5. The van der Waals surface area contributed by atoms with Crippen molar-refractivity contribution in [2.75, 3.05) is 39.8 Å². The monoisotopic (exact) mass is 537 g/mol. The number of alkyl halides is 3. The van der Waals surface area contributed by atoms with Crippen LogP contribution in [-0.2, 0) is 0 Å². The topological polar surface area (TPSA) is 59.7 Å². The largest absolute Gasteiger partial charge is 0.494 e. The molecule has 2 heterocycles. The third-order valence-corrected chi connectivity index (χ3v) is 7.42. The number of benzene rings is 2. The number of aliphatic hydroxyl groups excluding tert-OH is 1. The van der Waals surface area contributed by atoms with Gasteiger partial charge in [0.15, 0.2) is 11.6 Å². The lowest BCUT2D eigenvalue weighted by Crippen LogP contribution is -2.37. The predicted molar refractivity (Wildman–Crippen MR) is 130 cm³/mol. The number of hydrogen-bond donors (Lipinski definition) is 1. The Morgan fingerprint density at radius 2 is 1.76 bits per heavy atom. The Bertz CT molecular complexity index is 1300. The summed E-state index contributed by atoms with van der Waals surface area (Å²) in [4.78, 5) is 4.06. The average molecular weight is 538 g/mol. The highest BCUT2D eigenvalue weighted by atomic mass is 32.1. The van der Waals surface area contributed by atoms with Crippen LogP contribution in [0.3, 0.4) is 0 Å². The molecule has 0 aliphatic carbocycles. The van der Waals surface area contributed by atoms with Crippen LogP contribution in [0.1, 0.15) is 23.1 Å². The minimum absolute atomic E-state index is 0.0551. The van der Waals surface area contributed by atoms with Crippen LogP contribution in [0.2, 0.25) is 0 Å². The van der Waals surface area contributed by atoms with Gasteiger partial charge in [0.25, 0.3) is 0 Å². The Morgan fingerprint density at radius 1 is 1.03 bits per heavy atom. The van der Waals surface area contributed by atoms with Crippen molar-refractivity contribution in [3.63, 3.8) is 0 Å². The highest BCUT2D eigenvalue weighted by Gasteiger charge is 2.32. The number of ether oxygens (including phenoxy) is 1. The molecule has 1 aromatic heterocycles. The van der Waals surface area contributed by atoms with Gasteiger partial charge in [0.05, 0.1) is 19.2 Å². The SMILES string of the molecule is COc1ccc(-c2sc(C(O)N3CCCN(CC(F)(F)F)CC3)cc2-c2ccc(C#N)c(F)c2)cc1F. The Kier molecular flexibility index (Phi) is 8.14. The fourth-order valence-electron chi connectivity index (χ4n) is 4.37. The van der Waals surface area contributed by atoms with Crippen LogP contribution < -0.4 is 4.74 Å². The van der Waals surface area contributed by atoms with Gasteiger partial charge in [-0.2, -0.15) is 18.4 Å². The number of methoxy groups -OCH3 is 1. The lowest BCUT2D eigenvalue weighted by Gasteiger charge is -2.26. The molecule has 37 heavy (non-hydrogen) atoms. The van der Waals surface area contributed by atoms with Crippen LogP contribution >= 0.6 is 11.3 Å². The Morgan fingerprint density at radius 3 is 2.41 bits per heavy atom. The number of hydrogen-bond acceptors (Lipinski definition) is 6. The smallest absolute Gasteiger partial charge is 0.401 e. The van der Waals surface area contributed by atoms with Crippen LogP contribution in [0.25, 0.3) is 21.6 Å². The Labute approximate surface area is 214 Å². The first-order chi connectivity index (χ1) is 17.6. The van der Waals surface area contributed by atoms with Crippen molar-refractivity contribution >= 4 is 11.3 Å². The molecule has 1 N–H and O–H groups in total. The van der Waals surface area contributed by atoms with Crippen molar-refractivity contribution in [2.24, 2.45) is 0 Å². The summed E-state index contributed by atoms with van der Waals surface area (Å²) in [5.41, 5.74) is 1.32. The fraction of sp³-hybridized carbons (Fsp3) is 0.346. The summed E-state index contributed by atoms with van der Waals surface area (Å²) in [6.45, 7) is 0.0201. The van der Waals surface area contributed by atoms with Crippen molar-refractivity contribution in [2.45, 2.75) is 18.8 Å². The summed E-state index contributed by atoms with van der Waals surface area (Å²) < 4.78 is 72.5. The number of aliphatic hydroxyl groups is 1. The van der Waals surface area contributed by atoms with E-state index in [9.17, 15) is 27.1 Å². The minimum atomic E-state index is -4.30. The second-order valence-corrected chi connectivity index (χ2v) is 9.79. The van der Waals surface area contributed by atoms with Gasteiger partial charge >= 0.3 is 6.18 Å². The lowest BCUT2D eigenvalue weighted by molar-refractivity contribution is -0.145. The van der Waals surface area contributed by atoms with Gasteiger partial charge in [0.2, 0.25) is 0 Å². The molecule has 0 spiro atoms. The Hall–Kier alpha value is -3.04. The van der Waals surface area contributed by atoms with Crippen LogP contribution in [0, 0.1) is 23.0 Å². The van der Waals surface area contributed by atoms with Crippen molar-refractivity contribution in [3.05, 3.63) is 64.5 Å². The van der Waals surface area contributed by atoms with E-state index >= 15 is 0 Å². The molecule has 0 saturated carbocycles. The van der Waals surface area contributed by atoms with Crippen molar-refractivity contribution < 1.29 is 31.8 Å². The number of halogens is 5. The lowest BCUT2D eigenvalue weighted by atomic mass is 10.0. The number of rotatable bonds is 6. The van der Waals surface area contributed by atoms with Crippen LogP contribution in [0.5, 0.6) is 5.75 Å². The highest BCUT2D eigenvalue weighted by molar-refractivity contribution is 7.16. The van der Waals surface area contributed by atoms with Gasteiger partial charge in [-0.25, -0.2) is 8.78 Å². The molecule has 4 rings (SSSR count). The van der Waals surface area contributed by atoms with Gasteiger partial charge in [-0.1, -0.05) is 6.07 Å². The second kappa shape index (κ2) is 11.1. The molecule has 2 aromatic carbocycles. The van der Waals surface area contributed by atoms with E-state index in [1.54, 1.807) is 29.2 Å². The first-order valence-corrected chi connectivity index (χ1v) is 12.3. The first-order valence-electron chi connectivity index (χ1n) is 11.5. The number of nitriles is 1. The summed E-state index contributed by atoms with van der Waals surface area (Å²) >= 11 is 1.18. The Balaban J connectivity index is 1.69. The van der Waals surface area contributed by atoms with Gasteiger partial charge in [-0.15, -0.1) is 11.3 Å². The normalized spacial score (nSPS) is 16.3. The van der Waals surface area contributed by atoms with Crippen molar-refractivity contribution in [3.8, 4) is 33.4 Å². The van der Waals surface area contributed by atoms with Gasteiger partial charge in [-0.05, 0) is 60.5 Å². The number of thiophene rings is 1. The summed E-state index contributed by atoms with van der Waals surface area (Å²) in [6, 6.07) is 12.0. The molecule has 0 radical (unpaired) electrons. The van der Waals surface area contributed by atoms with E-state index < -0.39 is 30.6 Å². The molecule has 1 saturated heterocycles. The maximum Gasteiger partial charge on any atom is 0.401 e. The van der Waals surface area contributed by atoms with Gasteiger partial charge in [0.1, 0.15) is 18.1 Å². The van der Waals surface area contributed by atoms with E-state index in [2.05, 4.69) is 0 Å². The summed E-state index contributed by atoms with van der Waals surface area (Å²) in [5, 5.41) is 20.3. The van der Waals surface area contributed by atoms with E-state index in [1.807, 2.05) is 0 Å². The molecule has 1 aliphatic heterocycles. The van der Waals surface area contributed by atoms with Crippen molar-refractivity contribution in [1.82, 2.24) is 9.80 Å². The van der Waals surface area contributed by atoms with Crippen LogP contribution in [-0.4, -0.2) is 60.9 Å². The fourth-order valence-corrected chi connectivity index (χ4v) is 5.57. The van der Waals surface area contributed by atoms with E-state index in [1.165, 1.54) is 47.6 Å². The zero-order valence-corrected chi connectivity index (χ0v) is 20.7. The summed E-state index contributed by atoms with van der Waals surface area (Å²) in [7, 11) is 1.35. The third-order valence-electron chi connectivity index (χ3n) is 6.19. The zero-order valence-electron chi connectivity index (χ0n) is 19.9. The molecule has 0 amide bonds. The van der Waals surface area contributed by atoms with E-state index in [0.29, 0.717) is 39.4 Å². The molecule has 1 atom stereocenters. The van der Waals surface area contributed by atoms with E-state index in [0.717, 1.165) is 0 Å². The second-order valence-electron chi connectivity index (χ2n) is 8.70. The molecule has 0 bridgehead atoms. The minimum Gasteiger partial charge on any atom is -0.494 e. The van der Waals surface area contributed by atoms with Gasteiger partial charge in [0, 0.05) is 35.0 Å². The van der Waals surface area contributed by atoms with Crippen molar-refractivity contribution in [1.29, 1.82) is 5.26 Å². The maximum absolute atomic E-state index is 14.5. The third kappa shape index (κ3) is 6.27. The highest BCUT2D eigenvalue weighted by Crippen LogP contribution is 2.43. The summed E-state index contributed by atoms with van der Waals surface area (Å²) in [5.74, 6) is -1.25. The molecule has 1 unspecified atom stereocenters. The standard InChI is InChI=1S/C26H24F5N3O2S/c1-36-22-6-5-17(12-21(22)28)24-19(16-3-4-18(14-32)20(27)11-16)13-23(37-24)25(35)34-8-2-7-33(9-10-34)15-26(29,30)31/h3-6,11-13,25,35H,2,7-10,15H2,1H3. The van der Waals surface area contributed by atoms with Gasteiger partial charge in [-0.3, -0.25) is 9.80 Å². The first kappa shape index (κ1) is 27.0.